The molecule has 118 valence electrons. The first kappa shape index (κ1) is 16.9. The lowest BCUT2D eigenvalue weighted by Gasteiger charge is -2.10. The number of rotatable bonds is 6. The molecule has 1 aromatic heterocycles. The van der Waals surface area contributed by atoms with Gasteiger partial charge in [-0.05, 0) is 39.7 Å². The molecule has 0 aliphatic rings. The summed E-state index contributed by atoms with van der Waals surface area (Å²) in [5.74, 6) is 0.243. The molecule has 1 heterocycles. The first-order valence-corrected chi connectivity index (χ1v) is 8.26. The predicted octanol–water partition coefficient (Wildman–Crippen LogP) is 3.26. The van der Waals surface area contributed by atoms with E-state index in [1.165, 1.54) is 11.9 Å². The lowest BCUT2D eigenvalue weighted by Crippen LogP contribution is -2.15. The van der Waals surface area contributed by atoms with Crippen molar-refractivity contribution in [2.45, 2.75) is 26.3 Å². The molecule has 0 fully saturated rings. The maximum atomic E-state index is 12.4. The van der Waals surface area contributed by atoms with E-state index in [2.05, 4.69) is 59.5 Å². The van der Waals surface area contributed by atoms with Crippen molar-refractivity contribution in [2.24, 2.45) is 0 Å². The quantitative estimate of drug-likeness (QED) is 0.757. The molecule has 2 aromatic rings. The molecular formula is C13H15Br2N5O2. The number of nitrogens with zero attached hydrogens (tertiary/aromatic N) is 4. The van der Waals surface area contributed by atoms with E-state index in [1.807, 2.05) is 0 Å². The largest absolute Gasteiger partial charge is 0.495 e. The molecular weight excluding hydrogens is 418 g/mol. The van der Waals surface area contributed by atoms with Crippen molar-refractivity contribution in [3.05, 3.63) is 26.6 Å². The fourth-order valence-electron chi connectivity index (χ4n) is 1.79. The monoisotopic (exact) mass is 431 g/mol. The Morgan fingerprint density at radius 2 is 2.18 bits per heavy atom. The van der Waals surface area contributed by atoms with Gasteiger partial charge in [-0.15, -0.1) is 5.10 Å². The second-order valence-electron chi connectivity index (χ2n) is 4.49. The molecule has 0 aliphatic heterocycles. The molecule has 1 aromatic carbocycles. The summed E-state index contributed by atoms with van der Waals surface area (Å²) in [4.78, 5) is 13.8. The number of tetrazole rings is 1. The number of methoxy groups -OCH3 is 1. The molecule has 9 heteroatoms. The minimum Gasteiger partial charge on any atom is -0.495 e. The number of nitrogens with one attached hydrogen (secondary N) is 1. The van der Waals surface area contributed by atoms with E-state index >= 15 is 0 Å². The zero-order chi connectivity index (χ0) is 16.1. The highest BCUT2D eigenvalue weighted by Gasteiger charge is 2.18. The van der Waals surface area contributed by atoms with Gasteiger partial charge in [0, 0.05) is 4.47 Å². The van der Waals surface area contributed by atoms with E-state index in [1.54, 1.807) is 12.1 Å². The lowest BCUT2D eigenvalue weighted by molar-refractivity contribution is 0.102. The number of unbranched alkanes of at least 4 members (excludes halogenated alkanes) is 1. The molecule has 0 spiro atoms. The summed E-state index contributed by atoms with van der Waals surface area (Å²) < 4.78 is 6.69. The summed E-state index contributed by atoms with van der Waals surface area (Å²) in [7, 11) is 1.50. The molecule has 1 amide bonds. The van der Waals surface area contributed by atoms with Crippen LogP contribution in [-0.4, -0.2) is 33.2 Å². The maximum Gasteiger partial charge on any atom is 0.270 e. The van der Waals surface area contributed by atoms with Gasteiger partial charge in [-0.2, -0.15) is 4.80 Å². The zero-order valence-corrected chi connectivity index (χ0v) is 15.3. The van der Waals surface area contributed by atoms with E-state index in [0.717, 1.165) is 17.3 Å². The summed E-state index contributed by atoms with van der Waals surface area (Å²) >= 11 is 6.71. The number of aryl methyl sites for hydroxylation is 1. The maximum absolute atomic E-state index is 12.4. The molecule has 0 bridgehead atoms. The second-order valence-corrected chi connectivity index (χ2v) is 6.26. The van der Waals surface area contributed by atoms with Gasteiger partial charge in [0.1, 0.15) is 5.75 Å². The van der Waals surface area contributed by atoms with Crippen molar-refractivity contribution < 1.29 is 9.53 Å². The van der Waals surface area contributed by atoms with Crippen molar-refractivity contribution in [1.29, 1.82) is 0 Å². The minimum atomic E-state index is -0.367. The Hall–Kier alpha value is -1.48. The molecule has 0 saturated carbocycles. The highest BCUT2D eigenvalue weighted by atomic mass is 79.9. The second kappa shape index (κ2) is 7.68. The van der Waals surface area contributed by atoms with Crippen LogP contribution in [-0.2, 0) is 6.54 Å². The van der Waals surface area contributed by atoms with Crippen molar-refractivity contribution >= 4 is 43.7 Å². The predicted molar refractivity (Wildman–Crippen MR) is 89.1 cm³/mol. The highest BCUT2D eigenvalue weighted by Crippen LogP contribution is 2.32. The summed E-state index contributed by atoms with van der Waals surface area (Å²) in [6.45, 7) is 2.75. The molecule has 0 atom stereocenters. The van der Waals surface area contributed by atoms with Crippen LogP contribution in [0.1, 0.15) is 30.1 Å². The van der Waals surface area contributed by atoms with E-state index < -0.39 is 0 Å². The number of aromatic nitrogens is 4. The third-order valence-corrected chi connectivity index (χ3v) is 3.89. The van der Waals surface area contributed by atoms with Crippen LogP contribution in [0.25, 0.3) is 0 Å². The van der Waals surface area contributed by atoms with Gasteiger partial charge in [0.25, 0.3) is 11.9 Å². The Kier molecular flexibility index (Phi) is 5.90. The third-order valence-electron chi connectivity index (χ3n) is 2.85. The Balaban J connectivity index is 2.17. The van der Waals surface area contributed by atoms with Crippen molar-refractivity contribution in [3.63, 3.8) is 0 Å². The third kappa shape index (κ3) is 4.04. The smallest absolute Gasteiger partial charge is 0.270 e. The van der Waals surface area contributed by atoms with Gasteiger partial charge in [-0.3, -0.25) is 10.1 Å². The molecule has 0 saturated heterocycles. The Labute approximate surface area is 144 Å². The van der Waals surface area contributed by atoms with Gasteiger partial charge in [-0.1, -0.05) is 34.4 Å². The molecule has 0 unspecified atom stereocenters. The SMILES string of the molecule is CCCCn1nnc(NC(=O)c2cc(Br)cc(Br)c2OC)n1. The average molecular weight is 433 g/mol. The number of hydrogen-bond acceptors (Lipinski definition) is 5. The highest BCUT2D eigenvalue weighted by molar-refractivity contribution is 9.11. The molecule has 7 nitrogen and oxygen atoms in total. The van der Waals surface area contributed by atoms with Gasteiger partial charge in [-0.25, -0.2) is 0 Å². The van der Waals surface area contributed by atoms with E-state index in [-0.39, 0.29) is 11.9 Å². The summed E-state index contributed by atoms with van der Waals surface area (Å²) in [5.41, 5.74) is 0.369. The van der Waals surface area contributed by atoms with Gasteiger partial charge < -0.3 is 4.74 Å². The standard InChI is InChI=1S/C13H15Br2N5O2/c1-3-4-5-20-18-13(17-19-20)16-12(21)9-6-8(14)7-10(15)11(9)22-2/h6-7H,3-5H2,1-2H3,(H,16,18,21). The van der Waals surface area contributed by atoms with Gasteiger partial charge in [0.05, 0.1) is 23.7 Å². The number of benzene rings is 1. The van der Waals surface area contributed by atoms with E-state index in [9.17, 15) is 4.79 Å². The number of anilines is 1. The topological polar surface area (TPSA) is 81.9 Å². The first-order valence-electron chi connectivity index (χ1n) is 6.67. The zero-order valence-electron chi connectivity index (χ0n) is 12.1. The van der Waals surface area contributed by atoms with Gasteiger partial charge >= 0.3 is 0 Å². The number of carbonyl (C=O) groups is 1. The van der Waals surface area contributed by atoms with Crippen molar-refractivity contribution in [2.75, 3.05) is 12.4 Å². The Bertz CT molecular complexity index is 674. The number of hydrogen-bond donors (Lipinski definition) is 1. The summed E-state index contributed by atoms with van der Waals surface area (Å²) in [5, 5.41) is 14.4. The van der Waals surface area contributed by atoms with Crippen LogP contribution in [0.5, 0.6) is 5.75 Å². The van der Waals surface area contributed by atoms with Crippen LogP contribution < -0.4 is 10.1 Å². The van der Waals surface area contributed by atoms with E-state index in [0.29, 0.717) is 22.3 Å². The van der Waals surface area contributed by atoms with Gasteiger partial charge in [0.15, 0.2) is 0 Å². The average Bonchev–Trinajstić information content (AvgIpc) is 2.91. The Morgan fingerprint density at radius 1 is 1.41 bits per heavy atom. The fraction of sp³-hybridized carbons (Fsp3) is 0.385. The van der Waals surface area contributed by atoms with Crippen LogP contribution in [0, 0.1) is 0 Å². The summed E-state index contributed by atoms with van der Waals surface area (Å²) in [6, 6.07) is 3.47. The number of amides is 1. The van der Waals surface area contributed by atoms with Crippen LogP contribution in [0.4, 0.5) is 5.95 Å². The van der Waals surface area contributed by atoms with Crippen LogP contribution in [0.3, 0.4) is 0 Å². The van der Waals surface area contributed by atoms with Gasteiger partial charge in [0.2, 0.25) is 0 Å². The summed E-state index contributed by atoms with van der Waals surface area (Å²) in [6.07, 6.45) is 1.99. The normalized spacial score (nSPS) is 10.5. The van der Waals surface area contributed by atoms with Crippen molar-refractivity contribution in [3.8, 4) is 5.75 Å². The Morgan fingerprint density at radius 3 is 2.86 bits per heavy atom. The molecule has 0 aliphatic carbocycles. The first-order chi connectivity index (χ1) is 10.5. The molecule has 2 rings (SSSR count). The molecule has 22 heavy (non-hydrogen) atoms. The number of ether oxygens (including phenoxy) is 1. The van der Waals surface area contributed by atoms with Crippen LogP contribution >= 0.6 is 31.9 Å². The number of halogens is 2. The number of carbonyl (C=O) groups excluding carboxylic acids is 1. The van der Waals surface area contributed by atoms with Crippen LogP contribution in [0.15, 0.2) is 21.1 Å². The van der Waals surface area contributed by atoms with Crippen molar-refractivity contribution in [1.82, 2.24) is 20.2 Å². The minimum absolute atomic E-state index is 0.166. The lowest BCUT2D eigenvalue weighted by atomic mass is 10.2. The fourth-order valence-corrected chi connectivity index (χ4v) is 3.18. The van der Waals surface area contributed by atoms with E-state index in [4.69, 9.17) is 4.74 Å². The molecule has 1 N–H and O–H groups in total. The van der Waals surface area contributed by atoms with Crippen LogP contribution in [0.2, 0.25) is 0 Å². The molecule has 0 radical (unpaired) electrons.